The van der Waals surface area contributed by atoms with E-state index in [4.69, 9.17) is 0 Å². The lowest BCUT2D eigenvalue weighted by molar-refractivity contribution is -0.130. The van der Waals surface area contributed by atoms with Crippen molar-refractivity contribution in [3.63, 3.8) is 0 Å². The van der Waals surface area contributed by atoms with Gasteiger partial charge in [0.15, 0.2) is 0 Å². The van der Waals surface area contributed by atoms with E-state index in [1.807, 2.05) is 17.3 Å². The van der Waals surface area contributed by atoms with Crippen molar-refractivity contribution >= 4 is 5.91 Å². The first-order valence-electron chi connectivity index (χ1n) is 8.26. The summed E-state index contributed by atoms with van der Waals surface area (Å²) in [5, 5.41) is 0. The third-order valence-corrected chi connectivity index (χ3v) is 4.53. The number of hydrogen-bond acceptors (Lipinski definition) is 3. The van der Waals surface area contributed by atoms with Gasteiger partial charge in [0.1, 0.15) is 5.82 Å². The molecule has 0 unspecified atom stereocenters. The van der Waals surface area contributed by atoms with Crippen LogP contribution in [0.5, 0.6) is 0 Å². The summed E-state index contributed by atoms with van der Waals surface area (Å²) in [6, 6.07) is 8.49. The topological polar surface area (TPSA) is 41.4 Å². The Labute approximate surface area is 137 Å². The number of carbonyl (C=O) groups excluding carboxylic acids is 1. The third kappa shape index (κ3) is 3.45. The molecular weight excluding hydrogens is 288 g/mol. The number of aryl methyl sites for hydroxylation is 1. The molecule has 0 radical (unpaired) electrons. The van der Waals surface area contributed by atoms with Crippen LogP contribution in [-0.2, 0) is 17.9 Å². The zero-order valence-corrected chi connectivity index (χ0v) is 13.9. The van der Waals surface area contributed by atoms with Crippen molar-refractivity contribution in [2.75, 3.05) is 26.2 Å². The van der Waals surface area contributed by atoms with Crippen molar-refractivity contribution < 1.29 is 4.79 Å². The minimum absolute atomic E-state index is 0.176. The summed E-state index contributed by atoms with van der Waals surface area (Å²) >= 11 is 0. The molecule has 1 aliphatic heterocycles. The van der Waals surface area contributed by atoms with E-state index >= 15 is 0 Å². The molecule has 0 spiro atoms. The van der Waals surface area contributed by atoms with Gasteiger partial charge in [-0.3, -0.25) is 9.69 Å². The van der Waals surface area contributed by atoms with E-state index in [1.165, 1.54) is 11.1 Å². The molecule has 23 heavy (non-hydrogen) atoms. The number of benzene rings is 1. The largest absolute Gasteiger partial charge is 0.340 e. The minimum Gasteiger partial charge on any atom is -0.340 e. The Bertz CT molecular complexity index is 671. The highest BCUT2D eigenvalue weighted by atomic mass is 16.2. The number of amides is 1. The lowest BCUT2D eigenvalue weighted by atomic mass is 10.1. The predicted molar refractivity (Wildman–Crippen MR) is 90.9 cm³/mol. The Morgan fingerprint density at radius 1 is 1.17 bits per heavy atom. The number of aromatic nitrogens is 2. The third-order valence-electron chi connectivity index (χ3n) is 4.53. The van der Waals surface area contributed by atoms with Gasteiger partial charge < -0.3 is 9.47 Å². The average Bonchev–Trinajstić information content (AvgIpc) is 3.04. The Hall–Kier alpha value is -2.14. The van der Waals surface area contributed by atoms with Gasteiger partial charge in [-0.25, -0.2) is 4.98 Å². The van der Waals surface area contributed by atoms with Crippen LogP contribution in [0.2, 0.25) is 0 Å². The molecule has 3 rings (SSSR count). The van der Waals surface area contributed by atoms with E-state index in [-0.39, 0.29) is 5.91 Å². The maximum absolute atomic E-state index is 11.4. The van der Waals surface area contributed by atoms with Crippen molar-refractivity contribution in [2.45, 2.75) is 26.9 Å². The van der Waals surface area contributed by atoms with Gasteiger partial charge in [0, 0.05) is 64.1 Å². The van der Waals surface area contributed by atoms with E-state index in [2.05, 4.69) is 45.6 Å². The lowest BCUT2D eigenvalue weighted by Gasteiger charge is -2.34. The predicted octanol–water partition coefficient (Wildman–Crippen LogP) is 2.23. The molecule has 1 saturated heterocycles. The monoisotopic (exact) mass is 312 g/mol. The van der Waals surface area contributed by atoms with Crippen LogP contribution >= 0.6 is 0 Å². The fourth-order valence-electron chi connectivity index (χ4n) is 3.15. The second kappa shape index (κ2) is 6.96. The van der Waals surface area contributed by atoms with Gasteiger partial charge in [-0.05, 0) is 12.5 Å². The summed E-state index contributed by atoms with van der Waals surface area (Å²) in [5.74, 6) is 1.21. The zero-order valence-electron chi connectivity index (χ0n) is 13.9. The van der Waals surface area contributed by atoms with Gasteiger partial charge in [0.05, 0.1) is 0 Å². The molecule has 1 aromatic carbocycles. The maximum Gasteiger partial charge on any atom is 0.219 e. The highest BCUT2D eigenvalue weighted by Crippen LogP contribution is 2.24. The minimum atomic E-state index is 0.176. The highest BCUT2D eigenvalue weighted by molar-refractivity contribution is 5.73. The highest BCUT2D eigenvalue weighted by Gasteiger charge is 2.20. The van der Waals surface area contributed by atoms with Crippen molar-refractivity contribution in [3.05, 3.63) is 42.2 Å². The fourth-order valence-corrected chi connectivity index (χ4v) is 3.15. The SMILES string of the molecule is CCn1ccnc1-c1ccccc1CN1CCN(C(C)=O)CC1. The van der Waals surface area contributed by atoms with Gasteiger partial charge in [0.2, 0.25) is 5.91 Å². The summed E-state index contributed by atoms with van der Waals surface area (Å²) in [7, 11) is 0. The second-order valence-electron chi connectivity index (χ2n) is 5.98. The number of nitrogens with zero attached hydrogens (tertiary/aromatic N) is 4. The molecule has 5 nitrogen and oxygen atoms in total. The number of hydrogen-bond donors (Lipinski definition) is 0. The average molecular weight is 312 g/mol. The quantitative estimate of drug-likeness (QED) is 0.869. The number of rotatable bonds is 4. The van der Waals surface area contributed by atoms with E-state index in [1.54, 1.807) is 6.92 Å². The molecule has 0 bridgehead atoms. The summed E-state index contributed by atoms with van der Waals surface area (Å²) in [5.41, 5.74) is 2.50. The molecule has 0 N–H and O–H groups in total. The molecule has 0 aliphatic carbocycles. The summed E-state index contributed by atoms with van der Waals surface area (Å²) in [4.78, 5) is 20.3. The smallest absolute Gasteiger partial charge is 0.219 e. The molecule has 1 aliphatic rings. The van der Waals surface area contributed by atoms with E-state index in [9.17, 15) is 4.79 Å². The van der Waals surface area contributed by atoms with Gasteiger partial charge in [-0.2, -0.15) is 0 Å². The summed E-state index contributed by atoms with van der Waals surface area (Å²) < 4.78 is 2.17. The van der Waals surface area contributed by atoms with E-state index in [0.717, 1.165) is 45.1 Å². The fraction of sp³-hybridized carbons (Fsp3) is 0.444. The van der Waals surface area contributed by atoms with Crippen LogP contribution in [0.3, 0.4) is 0 Å². The van der Waals surface area contributed by atoms with Crippen LogP contribution in [0, 0.1) is 0 Å². The van der Waals surface area contributed by atoms with Crippen LogP contribution in [0.25, 0.3) is 11.4 Å². The number of carbonyl (C=O) groups is 1. The van der Waals surface area contributed by atoms with Crippen LogP contribution in [-0.4, -0.2) is 51.4 Å². The number of imidazole rings is 1. The Balaban J connectivity index is 1.76. The Morgan fingerprint density at radius 2 is 1.91 bits per heavy atom. The van der Waals surface area contributed by atoms with Crippen LogP contribution < -0.4 is 0 Å². The van der Waals surface area contributed by atoms with Crippen LogP contribution in [0.4, 0.5) is 0 Å². The molecule has 5 heteroatoms. The normalized spacial score (nSPS) is 15.8. The van der Waals surface area contributed by atoms with Crippen LogP contribution in [0.15, 0.2) is 36.7 Å². The molecule has 1 fully saturated rings. The van der Waals surface area contributed by atoms with Gasteiger partial charge in [-0.1, -0.05) is 24.3 Å². The van der Waals surface area contributed by atoms with Gasteiger partial charge >= 0.3 is 0 Å². The van der Waals surface area contributed by atoms with E-state index < -0.39 is 0 Å². The van der Waals surface area contributed by atoms with Gasteiger partial charge in [-0.15, -0.1) is 0 Å². The first-order chi connectivity index (χ1) is 11.2. The summed E-state index contributed by atoms with van der Waals surface area (Å²) in [6.45, 7) is 9.10. The number of piperazine rings is 1. The van der Waals surface area contributed by atoms with Crippen molar-refractivity contribution in [1.29, 1.82) is 0 Å². The van der Waals surface area contributed by atoms with Gasteiger partial charge in [0.25, 0.3) is 0 Å². The molecule has 0 atom stereocenters. The molecule has 1 aromatic heterocycles. The first kappa shape index (κ1) is 15.7. The Kier molecular flexibility index (Phi) is 4.76. The zero-order chi connectivity index (χ0) is 16.2. The second-order valence-corrected chi connectivity index (χ2v) is 5.98. The molecule has 0 saturated carbocycles. The van der Waals surface area contributed by atoms with Crippen molar-refractivity contribution in [3.8, 4) is 11.4 Å². The Morgan fingerprint density at radius 3 is 2.61 bits per heavy atom. The lowest BCUT2D eigenvalue weighted by Crippen LogP contribution is -2.47. The molecule has 1 amide bonds. The maximum atomic E-state index is 11.4. The standard InChI is InChI=1S/C18H24N4O/c1-3-21-9-8-19-18(21)17-7-5-4-6-16(17)14-20-10-12-22(13-11-20)15(2)23/h4-9H,3,10-14H2,1-2H3. The molecule has 122 valence electrons. The van der Waals surface area contributed by atoms with Crippen molar-refractivity contribution in [2.24, 2.45) is 0 Å². The van der Waals surface area contributed by atoms with Crippen LogP contribution in [0.1, 0.15) is 19.4 Å². The molecule has 2 heterocycles. The van der Waals surface area contributed by atoms with E-state index in [0.29, 0.717) is 0 Å². The van der Waals surface area contributed by atoms with Crippen molar-refractivity contribution in [1.82, 2.24) is 19.4 Å². The first-order valence-corrected chi connectivity index (χ1v) is 8.26. The molecule has 2 aromatic rings. The molecular formula is C18H24N4O. The summed E-state index contributed by atoms with van der Waals surface area (Å²) in [6.07, 6.45) is 3.89.